The number of nitrogens with zero attached hydrogens (tertiary/aromatic N) is 5. The van der Waals surface area contributed by atoms with Crippen LogP contribution in [0.4, 0.5) is 10.2 Å². The molecule has 2 N–H and O–H groups in total. The lowest BCUT2D eigenvalue weighted by atomic mass is 10.0. The van der Waals surface area contributed by atoms with Crippen molar-refractivity contribution in [3.63, 3.8) is 0 Å². The van der Waals surface area contributed by atoms with Crippen LogP contribution in [0.5, 0.6) is 5.75 Å². The number of phenols is 1. The molecule has 0 amide bonds. The van der Waals surface area contributed by atoms with Gasteiger partial charge in [0, 0.05) is 43.7 Å². The molecule has 0 radical (unpaired) electrons. The van der Waals surface area contributed by atoms with Crippen molar-refractivity contribution >= 4 is 5.82 Å². The summed E-state index contributed by atoms with van der Waals surface area (Å²) in [6.07, 6.45) is 5.13. The number of alkyl halides is 1. The van der Waals surface area contributed by atoms with Gasteiger partial charge in [0.05, 0.1) is 23.8 Å². The van der Waals surface area contributed by atoms with Gasteiger partial charge in [-0.1, -0.05) is 0 Å². The molecule has 144 valence electrons. The normalized spacial score (nSPS) is 25.9. The first-order valence-corrected chi connectivity index (χ1v) is 9.37. The van der Waals surface area contributed by atoms with E-state index in [0.29, 0.717) is 23.0 Å². The molecular formula is C20H21FN6O. The summed E-state index contributed by atoms with van der Waals surface area (Å²) >= 11 is 0. The number of anilines is 1. The molecule has 1 aromatic carbocycles. The summed E-state index contributed by atoms with van der Waals surface area (Å²) in [4.78, 5) is 5.91. The SMILES string of the molecule is CN(c1ccc(-c2ccc(-n3ccnc3)cc2O)nn1)[C@H]1[C@@H]2CN[C@@H](C2)[C@H]1F. The van der Waals surface area contributed by atoms with Crippen molar-refractivity contribution in [2.24, 2.45) is 5.92 Å². The molecule has 0 spiro atoms. The van der Waals surface area contributed by atoms with E-state index < -0.39 is 6.17 Å². The number of hydrogen-bond acceptors (Lipinski definition) is 6. The van der Waals surface area contributed by atoms with Crippen molar-refractivity contribution in [2.75, 3.05) is 18.5 Å². The standard InChI is InChI=1S/C20H21FN6O/c1-26(20-12-8-16(19(20)21)23-10-12)18-5-4-15(24-25-18)14-3-2-13(9-17(14)28)27-7-6-22-11-27/h2-7,9,11-12,16,19-20,23,28H,8,10H2,1H3/t12-,16-,19+,20-/m0/s1. The predicted octanol–water partition coefficient (Wildman–Crippen LogP) is 2.17. The number of aromatic hydroxyl groups is 1. The number of fused-ring (bicyclic) bond motifs is 2. The van der Waals surface area contributed by atoms with Crippen LogP contribution in [0.25, 0.3) is 16.9 Å². The Morgan fingerprint density at radius 1 is 1.25 bits per heavy atom. The Kier molecular flexibility index (Phi) is 4.01. The third-order valence-corrected chi connectivity index (χ3v) is 5.91. The molecule has 3 heterocycles. The van der Waals surface area contributed by atoms with E-state index in [1.165, 1.54) is 0 Å². The smallest absolute Gasteiger partial charge is 0.151 e. The maximum absolute atomic E-state index is 14.6. The monoisotopic (exact) mass is 380 g/mol. The molecule has 2 aromatic heterocycles. The third-order valence-electron chi connectivity index (χ3n) is 5.91. The van der Waals surface area contributed by atoms with Gasteiger partial charge in [-0.15, -0.1) is 10.2 Å². The van der Waals surface area contributed by atoms with E-state index >= 15 is 0 Å². The van der Waals surface area contributed by atoms with E-state index in [1.807, 2.05) is 40.9 Å². The number of piperidine rings is 1. The molecule has 1 saturated carbocycles. The van der Waals surface area contributed by atoms with Gasteiger partial charge in [-0.2, -0.15) is 0 Å². The van der Waals surface area contributed by atoms with Gasteiger partial charge in [-0.3, -0.25) is 0 Å². The first-order valence-electron chi connectivity index (χ1n) is 9.37. The van der Waals surface area contributed by atoms with E-state index in [-0.39, 0.29) is 17.8 Å². The summed E-state index contributed by atoms with van der Waals surface area (Å²) in [6.45, 7) is 0.850. The molecule has 1 aliphatic carbocycles. The number of benzene rings is 1. The second kappa shape index (κ2) is 6.56. The summed E-state index contributed by atoms with van der Waals surface area (Å²) < 4.78 is 16.4. The molecule has 1 saturated heterocycles. The Balaban J connectivity index is 1.38. The highest BCUT2D eigenvalue weighted by Crippen LogP contribution is 2.38. The van der Waals surface area contributed by atoms with E-state index in [4.69, 9.17) is 0 Å². The van der Waals surface area contributed by atoms with E-state index in [9.17, 15) is 9.50 Å². The second-order valence-corrected chi connectivity index (χ2v) is 7.50. The maximum atomic E-state index is 14.6. The lowest BCUT2D eigenvalue weighted by Gasteiger charge is -2.34. The van der Waals surface area contributed by atoms with Crippen molar-refractivity contribution in [3.05, 3.63) is 49.1 Å². The van der Waals surface area contributed by atoms with Crippen LogP contribution in [-0.2, 0) is 0 Å². The van der Waals surface area contributed by atoms with Crippen molar-refractivity contribution in [2.45, 2.75) is 24.7 Å². The predicted molar refractivity (Wildman–Crippen MR) is 103 cm³/mol. The fraction of sp³-hybridized carbons (Fsp3) is 0.350. The minimum absolute atomic E-state index is 0.0457. The van der Waals surface area contributed by atoms with Crippen molar-refractivity contribution in [1.29, 1.82) is 0 Å². The Hall–Kier alpha value is -3.00. The second-order valence-electron chi connectivity index (χ2n) is 7.50. The van der Waals surface area contributed by atoms with Crippen LogP contribution in [-0.4, -0.2) is 56.7 Å². The molecule has 1 aliphatic heterocycles. The molecule has 5 rings (SSSR count). The zero-order valence-corrected chi connectivity index (χ0v) is 15.4. The molecule has 0 unspecified atom stereocenters. The number of rotatable bonds is 4. The van der Waals surface area contributed by atoms with Crippen LogP contribution in [0, 0.1) is 5.92 Å². The van der Waals surface area contributed by atoms with Gasteiger partial charge in [0.2, 0.25) is 0 Å². The molecule has 28 heavy (non-hydrogen) atoms. The van der Waals surface area contributed by atoms with Crippen LogP contribution >= 0.6 is 0 Å². The Bertz CT molecular complexity index is 975. The van der Waals surface area contributed by atoms with Gasteiger partial charge in [0.15, 0.2) is 5.82 Å². The molecule has 8 heteroatoms. The highest BCUT2D eigenvalue weighted by molar-refractivity contribution is 5.69. The molecule has 7 nitrogen and oxygen atoms in total. The lowest BCUT2D eigenvalue weighted by molar-refractivity contribution is 0.220. The topological polar surface area (TPSA) is 79.1 Å². The first-order chi connectivity index (χ1) is 13.6. The van der Waals surface area contributed by atoms with Crippen LogP contribution < -0.4 is 10.2 Å². The van der Waals surface area contributed by atoms with Crippen LogP contribution in [0.1, 0.15) is 6.42 Å². The average Bonchev–Trinajstić information content (AvgIpc) is 3.45. The molecule has 3 aromatic rings. The quantitative estimate of drug-likeness (QED) is 0.722. The average molecular weight is 380 g/mol. The third kappa shape index (κ3) is 2.72. The van der Waals surface area contributed by atoms with Crippen molar-refractivity contribution < 1.29 is 9.50 Å². The Morgan fingerprint density at radius 3 is 2.79 bits per heavy atom. The number of halogens is 1. The lowest BCUT2D eigenvalue weighted by Crippen LogP contribution is -2.51. The highest BCUT2D eigenvalue weighted by Gasteiger charge is 2.50. The Labute approximate surface area is 161 Å². The van der Waals surface area contributed by atoms with E-state index in [2.05, 4.69) is 20.5 Å². The largest absolute Gasteiger partial charge is 0.507 e. The van der Waals surface area contributed by atoms with Gasteiger partial charge >= 0.3 is 0 Å². The zero-order valence-electron chi connectivity index (χ0n) is 15.4. The highest BCUT2D eigenvalue weighted by atomic mass is 19.1. The van der Waals surface area contributed by atoms with Crippen molar-refractivity contribution in [1.82, 2.24) is 25.1 Å². The van der Waals surface area contributed by atoms with Crippen LogP contribution in [0.2, 0.25) is 0 Å². The number of hydrogen-bond donors (Lipinski definition) is 2. The van der Waals surface area contributed by atoms with Crippen LogP contribution in [0.15, 0.2) is 49.1 Å². The van der Waals surface area contributed by atoms with Gasteiger partial charge in [0.1, 0.15) is 11.9 Å². The van der Waals surface area contributed by atoms with Gasteiger partial charge in [-0.05, 0) is 36.6 Å². The maximum Gasteiger partial charge on any atom is 0.151 e. The number of imidazole rings is 1. The summed E-state index contributed by atoms with van der Waals surface area (Å²) in [7, 11) is 1.87. The molecule has 2 aliphatic rings. The number of aromatic nitrogens is 4. The van der Waals surface area contributed by atoms with Gasteiger partial charge in [0.25, 0.3) is 0 Å². The molecule has 2 bridgehead atoms. The van der Waals surface area contributed by atoms with Gasteiger partial charge < -0.3 is 19.9 Å². The minimum Gasteiger partial charge on any atom is -0.507 e. The minimum atomic E-state index is -0.898. The van der Waals surface area contributed by atoms with Gasteiger partial charge in [-0.25, -0.2) is 9.37 Å². The first kappa shape index (κ1) is 17.1. The number of phenolic OH excluding ortho intramolecular Hbond substituents is 1. The summed E-state index contributed by atoms with van der Waals surface area (Å²) in [6, 6.07) is 8.77. The van der Waals surface area contributed by atoms with E-state index in [1.54, 1.807) is 24.7 Å². The zero-order chi connectivity index (χ0) is 19.3. The van der Waals surface area contributed by atoms with E-state index in [0.717, 1.165) is 18.7 Å². The summed E-state index contributed by atoms with van der Waals surface area (Å²) in [5, 5.41) is 22.2. The summed E-state index contributed by atoms with van der Waals surface area (Å²) in [5.41, 5.74) is 1.97. The Morgan fingerprint density at radius 2 is 2.14 bits per heavy atom. The van der Waals surface area contributed by atoms with Crippen molar-refractivity contribution in [3.8, 4) is 22.7 Å². The molecular weight excluding hydrogens is 359 g/mol. The fourth-order valence-corrected chi connectivity index (χ4v) is 4.45. The summed E-state index contributed by atoms with van der Waals surface area (Å²) in [5.74, 6) is 1.05. The molecule has 2 fully saturated rings. The van der Waals surface area contributed by atoms with Crippen LogP contribution in [0.3, 0.4) is 0 Å². The number of nitrogens with one attached hydrogen (secondary N) is 1. The molecule has 4 atom stereocenters. The fourth-order valence-electron chi connectivity index (χ4n) is 4.45.